The van der Waals surface area contributed by atoms with E-state index in [2.05, 4.69) is 53.7 Å². The molecule has 6 atom stereocenters. The summed E-state index contributed by atoms with van der Waals surface area (Å²) in [5.41, 5.74) is 4.11. The number of rotatable bonds is 6. The van der Waals surface area contributed by atoms with Crippen LogP contribution in [0.5, 0.6) is 0 Å². The molecule has 3 aliphatic carbocycles. The molecule has 3 fully saturated rings. The molecule has 0 heterocycles. The van der Waals surface area contributed by atoms with E-state index in [4.69, 9.17) is 0 Å². The molecule has 0 aromatic rings. The van der Waals surface area contributed by atoms with Gasteiger partial charge in [-0.3, -0.25) is 0 Å². The van der Waals surface area contributed by atoms with Crippen LogP contribution >= 0.6 is 0 Å². The van der Waals surface area contributed by atoms with Gasteiger partial charge in [0.2, 0.25) is 0 Å². The van der Waals surface area contributed by atoms with Crippen molar-refractivity contribution in [3.8, 4) is 0 Å². The van der Waals surface area contributed by atoms with Crippen molar-refractivity contribution < 1.29 is 0 Å². The van der Waals surface area contributed by atoms with Crippen LogP contribution in [0.15, 0.2) is 23.3 Å². The topological polar surface area (TPSA) is 0 Å². The number of allylic oxidation sites excluding steroid dienone is 4. The molecule has 1 unspecified atom stereocenters. The molecule has 0 amide bonds. The largest absolute Gasteiger partial charge is 0.0697 e. The second-order valence-corrected chi connectivity index (χ2v) is 11.8. The molecule has 0 aliphatic heterocycles. The van der Waals surface area contributed by atoms with Gasteiger partial charge in [-0.15, -0.1) is 0 Å². The third kappa shape index (κ3) is 5.14. The maximum absolute atomic E-state index is 2.67. The van der Waals surface area contributed by atoms with Gasteiger partial charge in [-0.1, -0.05) is 84.1 Å². The van der Waals surface area contributed by atoms with Crippen molar-refractivity contribution in [2.45, 2.75) is 112 Å². The van der Waals surface area contributed by atoms with Crippen molar-refractivity contribution in [3.63, 3.8) is 0 Å². The zero-order valence-electron chi connectivity index (χ0n) is 19.9. The van der Waals surface area contributed by atoms with Crippen molar-refractivity contribution >= 4 is 0 Å². The summed E-state index contributed by atoms with van der Waals surface area (Å²) < 4.78 is 0. The Kier molecular flexibility index (Phi) is 7.54. The number of hydrogen-bond acceptors (Lipinski definition) is 0. The van der Waals surface area contributed by atoms with Crippen molar-refractivity contribution in [3.05, 3.63) is 23.3 Å². The van der Waals surface area contributed by atoms with E-state index in [0.717, 1.165) is 35.5 Å². The van der Waals surface area contributed by atoms with E-state index in [1.54, 1.807) is 5.57 Å². The van der Waals surface area contributed by atoms with Gasteiger partial charge in [-0.2, -0.15) is 0 Å². The Bertz CT molecular complexity index is 553. The highest BCUT2D eigenvalue weighted by atomic mass is 14.5. The van der Waals surface area contributed by atoms with Gasteiger partial charge in [0, 0.05) is 0 Å². The summed E-state index contributed by atoms with van der Waals surface area (Å²) in [4.78, 5) is 0. The second-order valence-electron chi connectivity index (χ2n) is 11.8. The average Bonchev–Trinajstić information content (AvgIpc) is 2.96. The molecule has 3 rings (SSSR count). The fraction of sp³-hybridized carbons (Fsp3) is 0.857. The lowest BCUT2D eigenvalue weighted by molar-refractivity contribution is 0.0929. The molecule has 0 bridgehead atoms. The van der Waals surface area contributed by atoms with Gasteiger partial charge in [0.15, 0.2) is 0 Å². The maximum Gasteiger partial charge on any atom is -0.0143 e. The molecular formula is C28H48. The first kappa shape index (κ1) is 22.2. The van der Waals surface area contributed by atoms with Crippen LogP contribution in [0.4, 0.5) is 0 Å². The van der Waals surface area contributed by atoms with E-state index in [9.17, 15) is 0 Å². The molecule has 0 aromatic carbocycles. The molecule has 0 N–H and O–H groups in total. The summed E-state index contributed by atoms with van der Waals surface area (Å²) in [5.74, 6) is 5.36. The molecule has 28 heavy (non-hydrogen) atoms. The molecule has 3 aliphatic rings. The lowest BCUT2D eigenvalue weighted by Crippen LogP contribution is -2.36. The van der Waals surface area contributed by atoms with Gasteiger partial charge < -0.3 is 0 Å². The van der Waals surface area contributed by atoms with Crippen molar-refractivity contribution in [1.82, 2.24) is 0 Å². The Morgan fingerprint density at radius 2 is 1.71 bits per heavy atom. The average molecular weight is 385 g/mol. The summed E-state index contributed by atoms with van der Waals surface area (Å²) in [6, 6.07) is 0. The number of hydrogen-bond donors (Lipinski definition) is 0. The van der Waals surface area contributed by atoms with E-state index < -0.39 is 0 Å². The Hall–Kier alpha value is -0.520. The van der Waals surface area contributed by atoms with E-state index in [-0.39, 0.29) is 0 Å². The molecule has 0 radical (unpaired) electrons. The summed E-state index contributed by atoms with van der Waals surface area (Å²) in [5, 5.41) is 0. The van der Waals surface area contributed by atoms with Crippen LogP contribution in [-0.2, 0) is 0 Å². The minimum atomic E-state index is 0.576. The van der Waals surface area contributed by atoms with Gasteiger partial charge in [-0.05, 0) is 92.3 Å². The molecule has 0 saturated heterocycles. The predicted molar refractivity (Wildman–Crippen MR) is 124 cm³/mol. The Morgan fingerprint density at radius 1 is 1.00 bits per heavy atom. The van der Waals surface area contributed by atoms with E-state index in [1.165, 1.54) is 70.6 Å². The molecule has 160 valence electrons. The van der Waals surface area contributed by atoms with Crippen LogP contribution in [0.3, 0.4) is 0 Å². The lowest BCUT2D eigenvalue weighted by Gasteiger charge is -2.44. The highest BCUT2D eigenvalue weighted by Crippen LogP contribution is 2.59. The van der Waals surface area contributed by atoms with Gasteiger partial charge in [-0.25, -0.2) is 0 Å². The third-order valence-corrected chi connectivity index (χ3v) is 8.72. The standard InChI is InChI=1S/C28H48/c1-20(2)9-7-10-23(5)26-14-15-27-25(11-8-16-28(26,27)6)13-12-24-18-21(3)17-22(4)19-24/h12-13,20-23,26-27H,7-11,14-19H2,1-6H3/b25-13+/t21-,22-,23+,26?,27-,28+/m0/s1. The Balaban J connectivity index is 1.67. The van der Waals surface area contributed by atoms with Crippen molar-refractivity contribution in [2.24, 2.45) is 40.9 Å². The van der Waals surface area contributed by atoms with E-state index >= 15 is 0 Å². The number of fused-ring (bicyclic) bond motifs is 1. The lowest BCUT2D eigenvalue weighted by atomic mass is 9.60. The normalized spacial score (nSPS) is 38.7. The highest BCUT2D eigenvalue weighted by molar-refractivity contribution is 5.26. The minimum absolute atomic E-state index is 0.576. The van der Waals surface area contributed by atoms with Crippen LogP contribution < -0.4 is 0 Å². The maximum atomic E-state index is 2.67. The van der Waals surface area contributed by atoms with Crippen LogP contribution in [0, 0.1) is 40.9 Å². The zero-order valence-corrected chi connectivity index (χ0v) is 19.9. The van der Waals surface area contributed by atoms with Crippen LogP contribution in [0.2, 0.25) is 0 Å². The third-order valence-electron chi connectivity index (χ3n) is 8.72. The van der Waals surface area contributed by atoms with Crippen molar-refractivity contribution in [1.29, 1.82) is 0 Å². The smallest absolute Gasteiger partial charge is 0.0143 e. The first-order chi connectivity index (χ1) is 13.3. The van der Waals surface area contributed by atoms with Gasteiger partial charge >= 0.3 is 0 Å². The summed E-state index contributed by atoms with van der Waals surface area (Å²) >= 11 is 0. The van der Waals surface area contributed by atoms with Gasteiger partial charge in [0.25, 0.3) is 0 Å². The van der Waals surface area contributed by atoms with E-state index in [0.29, 0.717) is 5.41 Å². The Morgan fingerprint density at radius 3 is 2.39 bits per heavy atom. The second kappa shape index (κ2) is 9.53. The predicted octanol–water partition coefficient (Wildman–Crippen LogP) is 8.97. The molecule has 0 spiro atoms. The first-order valence-corrected chi connectivity index (χ1v) is 12.7. The molecular weight excluding hydrogens is 336 g/mol. The summed E-state index contributed by atoms with van der Waals surface area (Å²) in [6.07, 6.45) is 20.7. The minimum Gasteiger partial charge on any atom is -0.0697 e. The fourth-order valence-corrected chi connectivity index (χ4v) is 7.46. The SMILES string of the molecule is CC(C)CCC[C@@H](C)C1CC[C@H]2/C(=C/C=C3C[C@@H](C)C[C@H](C)C3)CCC[C@]12C. The first-order valence-electron chi connectivity index (χ1n) is 12.7. The Labute approximate surface area is 176 Å². The van der Waals surface area contributed by atoms with Crippen LogP contribution in [0.1, 0.15) is 112 Å². The quantitative estimate of drug-likeness (QED) is 0.428. The summed E-state index contributed by atoms with van der Waals surface area (Å²) in [7, 11) is 0. The fourth-order valence-electron chi connectivity index (χ4n) is 7.46. The van der Waals surface area contributed by atoms with E-state index in [1.807, 2.05) is 5.57 Å². The van der Waals surface area contributed by atoms with Crippen molar-refractivity contribution in [2.75, 3.05) is 0 Å². The molecule has 0 nitrogen and oxygen atoms in total. The molecule has 0 heteroatoms. The monoisotopic (exact) mass is 384 g/mol. The van der Waals surface area contributed by atoms with Crippen LogP contribution in [-0.4, -0.2) is 0 Å². The van der Waals surface area contributed by atoms with Gasteiger partial charge in [0.05, 0.1) is 0 Å². The summed E-state index contributed by atoms with van der Waals surface area (Å²) in [6.45, 7) is 14.9. The molecule has 0 aromatic heterocycles. The highest BCUT2D eigenvalue weighted by Gasteiger charge is 2.50. The zero-order chi connectivity index (χ0) is 20.3. The van der Waals surface area contributed by atoms with Gasteiger partial charge in [0.1, 0.15) is 0 Å². The van der Waals surface area contributed by atoms with Crippen LogP contribution in [0.25, 0.3) is 0 Å². The molecule has 3 saturated carbocycles.